The van der Waals surface area contributed by atoms with Gasteiger partial charge in [0, 0.05) is 46.6 Å². The lowest BCUT2D eigenvalue weighted by atomic mass is 9.88. The maximum Gasteiger partial charge on any atom is 0.220 e. The largest absolute Gasteiger partial charge is 0.394 e. The molecule has 3 aromatic heterocycles. The highest BCUT2D eigenvalue weighted by Gasteiger charge is 2.62. The number of fused-ring (bicyclic) bond motifs is 6. The first-order valence-electron chi connectivity index (χ1n) is 44.2. The molecule has 6 fully saturated rings. The molecule has 0 spiro atoms. The third kappa shape index (κ3) is 35.7. The molecule has 50 nitrogen and oxygen atoms in total. The van der Waals surface area contributed by atoms with Gasteiger partial charge >= 0.3 is 0 Å². The van der Waals surface area contributed by atoms with E-state index in [1.54, 1.807) is 32.6 Å². The second-order valence-electron chi connectivity index (χ2n) is 32.3. The molecule has 6 aliphatic rings. The van der Waals surface area contributed by atoms with E-state index in [1.807, 2.05) is 0 Å². The smallest absolute Gasteiger partial charge is 0.220 e. The molecule has 9 rings (SSSR count). The summed E-state index contributed by atoms with van der Waals surface area (Å²) in [6.07, 6.45) is -1.64. The van der Waals surface area contributed by atoms with Crippen molar-refractivity contribution < 1.29 is 169 Å². The fraction of sp³-hybridized carbons (Fsp3) is 0.850. The second-order valence-corrected chi connectivity index (χ2v) is 32.3. The fourth-order valence-electron chi connectivity index (χ4n) is 14.7. The maximum atomic E-state index is 14.2. The van der Waals surface area contributed by atoms with Crippen LogP contribution >= 0.6 is 0 Å². The monoisotopic (exact) mass is 1870 g/mol. The van der Waals surface area contributed by atoms with E-state index in [9.17, 15) is 69.6 Å². The zero-order valence-electron chi connectivity index (χ0n) is 74.3. The summed E-state index contributed by atoms with van der Waals surface area (Å²) in [5, 5.41) is 125. The van der Waals surface area contributed by atoms with Crippen LogP contribution in [0.5, 0.6) is 0 Å². The predicted molar refractivity (Wildman–Crippen MR) is 440 cm³/mol. The number of aliphatic hydroxyl groups is 8. The first-order valence-corrected chi connectivity index (χ1v) is 44.2. The van der Waals surface area contributed by atoms with Crippen LogP contribution < -0.4 is 31.9 Å². The van der Waals surface area contributed by atoms with Crippen molar-refractivity contribution in [1.29, 1.82) is 0 Å². The summed E-state index contributed by atoms with van der Waals surface area (Å²) in [5.41, 5.74) is -3.77. The van der Waals surface area contributed by atoms with Crippen LogP contribution in [0.4, 0.5) is 0 Å². The Morgan fingerprint density at radius 1 is 0.400 bits per heavy atom. The van der Waals surface area contributed by atoms with E-state index in [4.69, 9.17) is 99.5 Å². The molecule has 6 amide bonds. The minimum atomic E-state index is -1.35. The van der Waals surface area contributed by atoms with Gasteiger partial charge in [-0.05, 0) is 25.7 Å². The van der Waals surface area contributed by atoms with E-state index in [0.29, 0.717) is 81.8 Å². The van der Waals surface area contributed by atoms with Crippen LogP contribution in [-0.2, 0) is 168 Å². The number of nitrogens with zero attached hydrogens (tertiary/aromatic N) is 9. The van der Waals surface area contributed by atoms with Crippen LogP contribution in [0, 0.1) is 0 Å². The van der Waals surface area contributed by atoms with Gasteiger partial charge in [0.05, 0.1) is 276 Å². The summed E-state index contributed by atoms with van der Waals surface area (Å²) >= 11 is 0. The highest BCUT2D eigenvalue weighted by Crippen LogP contribution is 2.40. The molecule has 15 atom stereocenters. The van der Waals surface area contributed by atoms with Crippen molar-refractivity contribution in [3.63, 3.8) is 0 Å². The molecule has 0 radical (unpaired) electrons. The Balaban J connectivity index is 0.708. The molecule has 50 heteroatoms. The topological polar surface area (TPSA) is 622 Å². The Bertz CT molecular complexity index is 3420. The van der Waals surface area contributed by atoms with Gasteiger partial charge in [0.1, 0.15) is 94.2 Å². The lowest BCUT2D eigenvalue weighted by Gasteiger charge is -2.42. The van der Waals surface area contributed by atoms with Gasteiger partial charge in [-0.3, -0.25) is 28.8 Å². The number of carbonyl (C=O) groups is 6. The van der Waals surface area contributed by atoms with Gasteiger partial charge in [-0.25, -0.2) is 14.0 Å². The molecule has 6 saturated heterocycles. The second kappa shape index (κ2) is 57.7. The Labute approximate surface area is 752 Å². The highest BCUT2D eigenvalue weighted by atomic mass is 16.8. The number of ether oxygens (including phenoxy) is 21. The number of nitrogens with one attached hydrogen (secondary N) is 6. The maximum absolute atomic E-state index is 14.2. The zero-order valence-corrected chi connectivity index (χ0v) is 74.3. The van der Waals surface area contributed by atoms with Crippen molar-refractivity contribution >= 4 is 35.4 Å². The summed E-state index contributed by atoms with van der Waals surface area (Å²) in [4.78, 5) is 73.9. The molecule has 9 heterocycles. The lowest BCUT2D eigenvalue weighted by Crippen LogP contribution is -2.66. The van der Waals surface area contributed by atoms with E-state index in [1.165, 1.54) is 20.8 Å². The molecule has 130 heavy (non-hydrogen) atoms. The minimum absolute atomic E-state index is 0.0236. The van der Waals surface area contributed by atoms with Crippen LogP contribution in [-0.4, -0.2) is 441 Å². The lowest BCUT2D eigenvalue weighted by molar-refractivity contribution is -0.238. The number of unbranched alkanes of at least 4 members (excludes halogenated alkanes) is 4. The van der Waals surface area contributed by atoms with E-state index in [2.05, 4.69) is 62.8 Å². The van der Waals surface area contributed by atoms with Crippen LogP contribution in [0.15, 0.2) is 18.6 Å². The molecular formula is C80H135N15O35. The van der Waals surface area contributed by atoms with Gasteiger partial charge in [-0.2, -0.15) is 0 Å². The van der Waals surface area contributed by atoms with Gasteiger partial charge in [-0.1, -0.05) is 28.5 Å². The number of aromatic nitrogens is 9. The molecule has 0 unspecified atom stereocenters. The van der Waals surface area contributed by atoms with Gasteiger partial charge in [0.15, 0.2) is 18.9 Å². The van der Waals surface area contributed by atoms with Crippen molar-refractivity contribution in [3.8, 4) is 0 Å². The van der Waals surface area contributed by atoms with Crippen molar-refractivity contribution in [3.05, 3.63) is 35.7 Å². The van der Waals surface area contributed by atoms with Crippen LogP contribution in [0.25, 0.3) is 0 Å². The number of aliphatic hydroxyl groups excluding tert-OH is 8. The van der Waals surface area contributed by atoms with Gasteiger partial charge < -0.3 is 172 Å². The Morgan fingerprint density at radius 2 is 0.692 bits per heavy atom. The average molecular weight is 1870 g/mol. The Kier molecular flexibility index (Phi) is 47.4. The summed E-state index contributed by atoms with van der Waals surface area (Å²) in [7, 11) is 0. The van der Waals surface area contributed by atoms with Crippen molar-refractivity contribution in [2.24, 2.45) is 0 Å². The van der Waals surface area contributed by atoms with Crippen LogP contribution in [0.3, 0.4) is 0 Å². The fourth-order valence-corrected chi connectivity index (χ4v) is 14.7. The number of rotatable bonds is 73. The van der Waals surface area contributed by atoms with E-state index in [-0.39, 0.29) is 268 Å². The molecule has 6 aliphatic heterocycles. The summed E-state index contributed by atoms with van der Waals surface area (Å²) < 4.78 is 127. The third-order valence-corrected chi connectivity index (χ3v) is 21.6. The average Bonchev–Trinajstić information content (AvgIpc) is 1.63. The molecule has 740 valence electrons. The predicted octanol–water partition coefficient (Wildman–Crippen LogP) is -7.38. The molecule has 6 bridgehead atoms. The number of carbonyl (C=O) groups excluding carboxylic acids is 6. The summed E-state index contributed by atoms with van der Waals surface area (Å²) in [6.45, 7) is 9.20. The molecule has 0 aromatic carbocycles. The summed E-state index contributed by atoms with van der Waals surface area (Å²) in [6, 6.07) is -3.47. The first kappa shape index (κ1) is 107. The third-order valence-electron chi connectivity index (χ3n) is 21.6. The number of hydrogen-bond acceptors (Lipinski definition) is 41. The quantitative estimate of drug-likeness (QED) is 0.0234. The van der Waals surface area contributed by atoms with Crippen LogP contribution in [0.1, 0.15) is 95.6 Å². The molecular weight excluding hydrogens is 1730 g/mol. The zero-order chi connectivity index (χ0) is 92.8. The molecule has 14 N–H and O–H groups in total. The van der Waals surface area contributed by atoms with Crippen molar-refractivity contribution in [1.82, 2.24) is 76.9 Å². The summed E-state index contributed by atoms with van der Waals surface area (Å²) in [5.74, 6) is -1.94. The Morgan fingerprint density at radius 3 is 1.01 bits per heavy atom. The first-order chi connectivity index (χ1) is 63.0. The molecule has 3 aromatic rings. The number of amides is 6. The standard InChI is InChI=1S/C80H135N15O35/c1-55(98)82-65-68(104)71(107)78(52-125-74(65)128-78)49-119-35-32-116-29-26-113-23-20-110-17-14-93-38-58(87-90-93)43-122-46-77(86-64(103)12-8-5-9-13-81-62(101)10-6-4-7-11-63(102)85-61(41-96)42-97,47-123-44-59-39-94(91-88-59)15-18-111-21-24-114-27-30-117-33-36-120-50-79-53-126-75(129-79)66(83-56(2)99)69(105)72(79)108)48-124-45-60-40-95(92-89-60)16-19-112-22-25-115-28-31-118-34-37-121-51-80-54-127-76(130-80)67(84-57(3)100)70(106)73(80)109/h38-40,61,65-76,96-97,104-109H,4-37,41-54H2,1-3H3,(H,81,101)(H,82,98)(H,83,99)(H,84,100)(H,85,102)(H,86,103)/t65-,66-,67-,68-,69-,70-,71-,72-,73-,74+,75+,76+,78-,79-,80-/m1/s1. The van der Waals surface area contributed by atoms with Crippen molar-refractivity contribution in [2.45, 2.75) is 220 Å². The number of hydrogen-bond donors (Lipinski definition) is 14. The van der Waals surface area contributed by atoms with E-state index >= 15 is 0 Å². The van der Waals surface area contributed by atoms with E-state index in [0.717, 1.165) is 0 Å². The van der Waals surface area contributed by atoms with Gasteiger partial charge in [0.25, 0.3) is 0 Å². The minimum Gasteiger partial charge on any atom is -0.394 e. The van der Waals surface area contributed by atoms with Crippen LogP contribution in [0.2, 0.25) is 0 Å². The van der Waals surface area contributed by atoms with Gasteiger partial charge in [0.2, 0.25) is 35.4 Å². The highest BCUT2D eigenvalue weighted by molar-refractivity contribution is 5.77. The Hall–Kier alpha value is -6.92. The normalized spacial score (nSPS) is 25.1. The van der Waals surface area contributed by atoms with Crippen molar-refractivity contribution in [2.75, 3.05) is 218 Å². The van der Waals surface area contributed by atoms with Gasteiger partial charge in [-0.15, -0.1) is 15.3 Å². The van der Waals surface area contributed by atoms with E-state index < -0.39 is 120 Å². The SMILES string of the molecule is CC(=O)N[C@H]1[C@H]2OC[C@@](COCCOCCOCCOCCn3cc(COCC(COCc4cn(CCOCCOCCOCCOC[C@]56CO[C@@H](O5)[C@H](NC(C)=O)[C@@H](O)[C@H]6O)nn4)(COCc4cn(CCOCCOCCOCCOC[C@]56CO[C@@H](O5)[C@H](NC(C)=O)[C@@H](O)[C@H]6O)nn4)NC(=O)CCCCCNC(=O)CCCCCC(=O)NC(CO)CO)nn3)(O2)[C@H](O)[C@@H]1O. The molecule has 0 aliphatic carbocycles. The molecule has 0 saturated carbocycles.